The Kier molecular flexibility index (Phi) is 6.73. The normalized spacial score (nSPS) is 18.4. The zero-order valence-corrected chi connectivity index (χ0v) is 13.9. The van der Waals surface area contributed by atoms with Crippen molar-refractivity contribution < 1.29 is 0 Å². The van der Waals surface area contributed by atoms with E-state index < -0.39 is 0 Å². The second-order valence-corrected chi connectivity index (χ2v) is 7.16. The average molecular weight is 344 g/mol. The quantitative estimate of drug-likeness (QED) is 0.539. The first-order valence-electron chi connectivity index (χ1n) is 7.58. The fourth-order valence-corrected chi connectivity index (χ4v) is 3.66. The summed E-state index contributed by atoms with van der Waals surface area (Å²) in [6.45, 7) is 0. The summed E-state index contributed by atoms with van der Waals surface area (Å²) in [6, 6.07) is 8.68. The highest BCUT2D eigenvalue weighted by Crippen LogP contribution is 2.29. The van der Waals surface area contributed by atoms with Crippen LogP contribution in [0.15, 0.2) is 28.7 Å². The van der Waals surface area contributed by atoms with Crippen molar-refractivity contribution in [1.29, 1.82) is 0 Å². The van der Waals surface area contributed by atoms with Gasteiger partial charge in [0.1, 0.15) is 0 Å². The van der Waals surface area contributed by atoms with E-state index in [1.165, 1.54) is 50.5 Å². The fourth-order valence-electron chi connectivity index (χ4n) is 3.13. The molecule has 1 aliphatic rings. The van der Waals surface area contributed by atoms with E-state index >= 15 is 0 Å². The van der Waals surface area contributed by atoms with Gasteiger partial charge in [-0.3, -0.25) is 0 Å². The van der Waals surface area contributed by atoms with Gasteiger partial charge in [0.15, 0.2) is 0 Å². The van der Waals surface area contributed by atoms with E-state index in [-0.39, 0.29) is 0 Å². The minimum atomic E-state index is 0.643. The molecular formula is C17H24BrCl. The van der Waals surface area contributed by atoms with Crippen LogP contribution in [-0.4, -0.2) is 5.88 Å². The highest BCUT2D eigenvalue weighted by atomic mass is 79.9. The number of halogens is 2. The summed E-state index contributed by atoms with van der Waals surface area (Å²) in [5.74, 6) is 2.41. The summed E-state index contributed by atoms with van der Waals surface area (Å²) >= 11 is 9.64. The van der Waals surface area contributed by atoms with Gasteiger partial charge in [0.2, 0.25) is 0 Å². The zero-order chi connectivity index (χ0) is 13.5. The molecule has 0 aromatic heterocycles. The Labute approximate surface area is 131 Å². The first-order valence-corrected chi connectivity index (χ1v) is 8.91. The molecule has 1 atom stereocenters. The van der Waals surface area contributed by atoms with Crippen LogP contribution in [0.1, 0.15) is 50.5 Å². The van der Waals surface area contributed by atoms with Crippen LogP contribution in [0.25, 0.3) is 0 Å². The van der Waals surface area contributed by atoms with Crippen LogP contribution in [0.4, 0.5) is 0 Å². The molecule has 19 heavy (non-hydrogen) atoms. The Morgan fingerprint density at radius 3 is 2.42 bits per heavy atom. The summed E-state index contributed by atoms with van der Waals surface area (Å²) in [5.41, 5.74) is 1.41. The maximum Gasteiger partial charge on any atom is 0.0254 e. The van der Waals surface area contributed by atoms with E-state index in [9.17, 15) is 0 Å². The molecule has 1 saturated carbocycles. The van der Waals surface area contributed by atoms with Gasteiger partial charge in [-0.15, -0.1) is 11.6 Å². The van der Waals surface area contributed by atoms with Crippen LogP contribution in [0.3, 0.4) is 0 Å². The number of hydrogen-bond acceptors (Lipinski definition) is 0. The van der Waals surface area contributed by atoms with Gasteiger partial charge in [0.25, 0.3) is 0 Å². The largest absolute Gasteiger partial charge is 0.126 e. The van der Waals surface area contributed by atoms with E-state index in [0.29, 0.717) is 5.92 Å². The third kappa shape index (κ3) is 5.47. The van der Waals surface area contributed by atoms with Gasteiger partial charge < -0.3 is 0 Å². The third-order valence-corrected chi connectivity index (χ3v) is 5.33. The minimum absolute atomic E-state index is 0.643. The smallest absolute Gasteiger partial charge is 0.0254 e. The Morgan fingerprint density at radius 2 is 1.79 bits per heavy atom. The Balaban J connectivity index is 1.77. The number of benzene rings is 1. The SMILES string of the molecule is ClCC(CCC1CCCCC1)Cc1ccc(Br)cc1. The van der Waals surface area contributed by atoms with Gasteiger partial charge in [-0.25, -0.2) is 0 Å². The van der Waals surface area contributed by atoms with E-state index in [2.05, 4.69) is 40.2 Å². The van der Waals surface area contributed by atoms with Crippen LogP contribution in [-0.2, 0) is 6.42 Å². The average Bonchev–Trinajstić information content (AvgIpc) is 2.46. The van der Waals surface area contributed by atoms with Gasteiger partial charge in [-0.05, 0) is 42.4 Å². The summed E-state index contributed by atoms with van der Waals surface area (Å²) in [7, 11) is 0. The molecule has 0 radical (unpaired) electrons. The van der Waals surface area contributed by atoms with Gasteiger partial charge in [0, 0.05) is 10.4 Å². The monoisotopic (exact) mass is 342 g/mol. The summed E-state index contributed by atoms with van der Waals surface area (Å²) in [4.78, 5) is 0. The molecule has 1 fully saturated rings. The highest BCUT2D eigenvalue weighted by Gasteiger charge is 2.16. The van der Waals surface area contributed by atoms with Crippen molar-refractivity contribution in [1.82, 2.24) is 0 Å². The summed E-state index contributed by atoms with van der Waals surface area (Å²) in [6.07, 6.45) is 11.1. The molecule has 0 saturated heterocycles. The predicted molar refractivity (Wildman–Crippen MR) is 87.9 cm³/mol. The third-order valence-electron chi connectivity index (χ3n) is 4.36. The predicted octanol–water partition coefficient (Wildman–Crippen LogP) is 6.21. The molecular weight excluding hydrogens is 320 g/mol. The van der Waals surface area contributed by atoms with Crippen LogP contribution in [0, 0.1) is 11.8 Å². The first kappa shape index (κ1) is 15.4. The summed E-state index contributed by atoms with van der Waals surface area (Å²) in [5, 5.41) is 0. The number of alkyl halides is 1. The second-order valence-electron chi connectivity index (χ2n) is 5.93. The lowest BCUT2D eigenvalue weighted by atomic mass is 9.83. The molecule has 0 aliphatic heterocycles. The van der Waals surface area contributed by atoms with Crippen molar-refractivity contribution in [2.75, 3.05) is 5.88 Å². The van der Waals surface area contributed by atoms with Gasteiger partial charge in [-0.1, -0.05) is 66.6 Å². The van der Waals surface area contributed by atoms with Crippen molar-refractivity contribution in [3.05, 3.63) is 34.3 Å². The molecule has 106 valence electrons. The lowest BCUT2D eigenvalue weighted by molar-refractivity contribution is 0.313. The number of rotatable bonds is 6. The van der Waals surface area contributed by atoms with Gasteiger partial charge in [0.05, 0.1) is 0 Å². The van der Waals surface area contributed by atoms with Crippen molar-refractivity contribution in [3.8, 4) is 0 Å². The lowest BCUT2D eigenvalue weighted by Gasteiger charge is -2.23. The van der Waals surface area contributed by atoms with Crippen LogP contribution < -0.4 is 0 Å². The molecule has 1 aromatic carbocycles. The minimum Gasteiger partial charge on any atom is -0.126 e. The molecule has 0 N–H and O–H groups in total. The van der Waals surface area contributed by atoms with Crippen molar-refractivity contribution in [2.24, 2.45) is 11.8 Å². The van der Waals surface area contributed by atoms with E-state index in [4.69, 9.17) is 11.6 Å². The fraction of sp³-hybridized carbons (Fsp3) is 0.647. The maximum absolute atomic E-state index is 6.16. The van der Waals surface area contributed by atoms with Crippen molar-refractivity contribution in [3.63, 3.8) is 0 Å². The molecule has 0 amide bonds. The lowest BCUT2D eigenvalue weighted by Crippen LogP contribution is -2.12. The molecule has 0 spiro atoms. The Morgan fingerprint density at radius 1 is 1.11 bits per heavy atom. The topological polar surface area (TPSA) is 0 Å². The van der Waals surface area contributed by atoms with E-state index in [1.54, 1.807) is 0 Å². The first-order chi connectivity index (χ1) is 9.28. The second kappa shape index (κ2) is 8.32. The molecule has 2 heteroatoms. The van der Waals surface area contributed by atoms with E-state index in [0.717, 1.165) is 22.7 Å². The van der Waals surface area contributed by atoms with E-state index in [1.807, 2.05) is 0 Å². The van der Waals surface area contributed by atoms with Crippen LogP contribution >= 0.6 is 27.5 Å². The molecule has 1 aliphatic carbocycles. The Bertz CT molecular complexity index is 354. The standard InChI is InChI=1S/C17H24BrCl/c18-17-10-8-15(9-11-17)12-16(13-19)7-6-14-4-2-1-3-5-14/h8-11,14,16H,1-7,12-13H2. The molecule has 0 bridgehead atoms. The zero-order valence-electron chi connectivity index (χ0n) is 11.6. The van der Waals surface area contributed by atoms with Crippen LogP contribution in [0.2, 0.25) is 0 Å². The molecule has 2 rings (SSSR count). The maximum atomic E-state index is 6.16. The number of hydrogen-bond donors (Lipinski definition) is 0. The van der Waals surface area contributed by atoms with Gasteiger partial charge in [-0.2, -0.15) is 0 Å². The highest BCUT2D eigenvalue weighted by molar-refractivity contribution is 9.10. The van der Waals surface area contributed by atoms with Gasteiger partial charge >= 0.3 is 0 Å². The molecule has 1 aromatic rings. The molecule has 0 nitrogen and oxygen atoms in total. The van der Waals surface area contributed by atoms with Crippen molar-refractivity contribution in [2.45, 2.75) is 51.4 Å². The molecule has 1 unspecified atom stereocenters. The molecule has 0 heterocycles. The van der Waals surface area contributed by atoms with Crippen molar-refractivity contribution >= 4 is 27.5 Å². The Hall–Kier alpha value is -0.0100. The van der Waals surface area contributed by atoms with Crippen LogP contribution in [0.5, 0.6) is 0 Å². The summed E-state index contributed by atoms with van der Waals surface area (Å²) < 4.78 is 1.15.